The fourth-order valence-electron chi connectivity index (χ4n) is 3.72. The molecule has 0 spiro atoms. The molecule has 0 radical (unpaired) electrons. The Labute approximate surface area is 212 Å². The Hall–Kier alpha value is -3.48. The Balaban J connectivity index is 1.93. The van der Waals surface area contributed by atoms with Gasteiger partial charge in [-0.3, -0.25) is 14.4 Å². The molecule has 0 aliphatic carbocycles. The normalized spacial score (nSPS) is 17.3. The Morgan fingerprint density at radius 3 is 2.66 bits per heavy atom. The van der Waals surface area contributed by atoms with Crippen LogP contribution in [0.4, 0.5) is 5.69 Å². The minimum atomic E-state index is -1.30. The van der Waals surface area contributed by atoms with Crippen LogP contribution in [0.5, 0.6) is 5.75 Å². The van der Waals surface area contributed by atoms with Crippen molar-refractivity contribution in [2.24, 2.45) is 5.92 Å². The van der Waals surface area contributed by atoms with Crippen LogP contribution in [-0.2, 0) is 19.1 Å². The summed E-state index contributed by atoms with van der Waals surface area (Å²) in [5, 5.41) is 15.9. The number of amides is 2. The number of nitrogens with zero attached hydrogens (tertiary/aromatic N) is 1. The van der Waals surface area contributed by atoms with E-state index >= 15 is 0 Å². The van der Waals surface area contributed by atoms with E-state index in [0.717, 1.165) is 17.3 Å². The highest BCUT2D eigenvalue weighted by Crippen LogP contribution is 2.42. The van der Waals surface area contributed by atoms with Crippen molar-refractivity contribution >= 4 is 46.8 Å². The minimum Gasteiger partial charge on any atom is -0.492 e. The standard InChI is InChI=1S/C25H24ClN3O5S/c1-4-34-19-9-8-15(11-18(19)26)21-17(12-27)24(29-23(31)22(21)25(32)33-3)35-13-20(30)28-16-7-5-6-14(2)10-16/h5-11,21-22H,4,13H2,1-3H3,(H,28,30)(H,29,31)/t21-,22+/m0/s1. The molecule has 1 heterocycles. The molecule has 0 fully saturated rings. The first-order valence-corrected chi connectivity index (χ1v) is 12.1. The second-order valence-electron chi connectivity index (χ2n) is 7.65. The average molecular weight is 514 g/mol. The van der Waals surface area contributed by atoms with E-state index in [1.54, 1.807) is 24.3 Å². The number of carbonyl (C=O) groups excluding carboxylic acids is 3. The fourth-order valence-corrected chi connectivity index (χ4v) is 4.81. The van der Waals surface area contributed by atoms with Gasteiger partial charge in [0.2, 0.25) is 11.8 Å². The first-order chi connectivity index (χ1) is 16.8. The van der Waals surface area contributed by atoms with Gasteiger partial charge in [-0.25, -0.2) is 0 Å². The van der Waals surface area contributed by atoms with Crippen molar-refractivity contribution in [2.45, 2.75) is 19.8 Å². The van der Waals surface area contributed by atoms with E-state index in [0.29, 0.717) is 23.6 Å². The lowest BCUT2D eigenvalue weighted by molar-refractivity contribution is -0.150. The summed E-state index contributed by atoms with van der Waals surface area (Å²) in [4.78, 5) is 38.0. The van der Waals surface area contributed by atoms with Gasteiger partial charge in [0.25, 0.3) is 0 Å². The molecule has 182 valence electrons. The number of benzene rings is 2. The van der Waals surface area contributed by atoms with E-state index in [-0.39, 0.29) is 27.3 Å². The maximum absolute atomic E-state index is 13.0. The van der Waals surface area contributed by atoms with Crippen molar-refractivity contribution in [3.8, 4) is 11.8 Å². The van der Waals surface area contributed by atoms with Gasteiger partial charge in [0.1, 0.15) is 11.7 Å². The van der Waals surface area contributed by atoms with E-state index in [9.17, 15) is 19.6 Å². The highest BCUT2D eigenvalue weighted by Gasteiger charge is 2.44. The SMILES string of the molecule is CCOc1ccc([C@H]2C(C#N)=C(SCC(=O)Nc3cccc(C)c3)NC(=O)[C@@H]2C(=O)OC)cc1Cl. The zero-order valence-corrected chi connectivity index (χ0v) is 21.0. The number of hydrogen-bond acceptors (Lipinski definition) is 7. The molecule has 2 N–H and O–H groups in total. The van der Waals surface area contributed by atoms with Crippen LogP contribution in [0.1, 0.15) is 24.0 Å². The van der Waals surface area contributed by atoms with E-state index in [4.69, 9.17) is 21.1 Å². The first kappa shape index (κ1) is 26.1. The van der Waals surface area contributed by atoms with Crippen molar-refractivity contribution in [3.05, 3.63) is 69.2 Å². The second kappa shape index (κ2) is 11.8. The molecule has 1 aliphatic rings. The largest absolute Gasteiger partial charge is 0.492 e. The molecule has 2 amide bonds. The number of hydrogen-bond donors (Lipinski definition) is 2. The summed E-state index contributed by atoms with van der Waals surface area (Å²) < 4.78 is 10.3. The smallest absolute Gasteiger partial charge is 0.319 e. The lowest BCUT2D eigenvalue weighted by Gasteiger charge is -2.31. The molecule has 0 saturated heterocycles. The van der Waals surface area contributed by atoms with Crippen molar-refractivity contribution < 1.29 is 23.9 Å². The minimum absolute atomic E-state index is 0.0611. The zero-order chi connectivity index (χ0) is 25.5. The van der Waals surface area contributed by atoms with Gasteiger partial charge >= 0.3 is 5.97 Å². The number of anilines is 1. The molecule has 35 heavy (non-hydrogen) atoms. The van der Waals surface area contributed by atoms with Crippen LogP contribution in [0.15, 0.2) is 53.1 Å². The van der Waals surface area contributed by atoms with Gasteiger partial charge in [-0.1, -0.05) is 41.6 Å². The summed E-state index contributed by atoms with van der Waals surface area (Å²) in [7, 11) is 1.17. The van der Waals surface area contributed by atoms with Crippen LogP contribution in [0.25, 0.3) is 0 Å². The first-order valence-electron chi connectivity index (χ1n) is 10.7. The van der Waals surface area contributed by atoms with Crippen LogP contribution in [0.3, 0.4) is 0 Å². The van der Waals surface area contributed by atoms with Crippen LogP contribution < -0.4 is 15.4 Å². The third kappa shape index (κ3) is 6.15. The Bertz CT molecular complexity index is 1220. The van der Waals surface area contributed by atoms with Crippen molar-refractivity contribution in [2.75, 3.05) is 24.8 Å². The van der Waals surface area contributed by atoms with E-state index < -0.39 is 23.7 Å². The highest BCUT2D eigenvalue weighted by molar-refractivity contribution is 8.03. The van der Waals surface area contributed by atoms with E-state index in [1.165, 1.54) is 7.11 Å². The number of methoxy groups -OCH3 is 1. The van der Waals surface area contributed by atoms with E-state index in [2.05, 4.69) is 16.7 Å². The van der Waals surface area contributed by atoms with Gasteiger partial charge < -0.3 is 20.1 Å². The second-order valence-corrected chi connectivity index (χ2v) is 9.04. The van der Waals surface area contributed by atoms with Crippen LogP contribution >= 0.6 is 23.4 Å². The number of rotatable bonds is 8. The number of ether oxygens (including phenoxy) is 2. The summed E-state index contributed by atoms with van der Waals surface area (Å²) in [6.45, 7) is 4.14. The Morgan fingerprint density at radius 1 is 1.26 bits per heavy atom. The number of carbonyl (C=O) groups is 3. The summed E-state index contributed by atoms with van der Waals surface area (Å²) in [5.74, 6) is -3.59. The van der Waals surface area contributed by atoms with Gasteiger partial charge in [0, 0.05) is 11.6 Å². The van der Waals surface area contributed by atoms with Crippen LogP contribution in [-0.4, -0.2) is 37.3 Å². The third-order valence-electron chi connectivity index (χ3n) is 5.25. The van der Waals surface area contributed by atoms with Crippen molar-refractivity contribution in [1.82, 2.24) is 5.32 Å². The lowest BCUT2D eigenvalue weighted by Crippen LogP contribution is -2.44. The molecular weight excluding hydrogens is 490 g/mol. The third-order valence-corrected chi connectivity index (χ3v) is 6.56. The van der Waals surface area contributed by atoms with Gasteiger partial charge in [-0.05, 0) is 49.2 Å². The molecule has 0 bridgehead atoms. The number of aryl methyl sites for hydroxylation is 1. The highest BCUT2D eigenvalue weighted by atomic mass is 35.5. The van der Waals surface area contributed by atoms with Gasteiger partial charge in [0.15, 0.2) is 0 Å². The number of nitrogens with one attached hydrogen (secondary N) is 2. The Morgan fingerprint density at radius 2 is 2.03 bits per heavy atom. The molecule has 2 atom stereocenters. The van der Waals surface area contributed by atoms with Gasteiger partial charge in [-0.2, -0.15) is 5.26 Å². The lowest BCUT2D eigenvalue weighted by atomic mass is 9.78. The molecule has 3 rings (SSSR count). The molecule has 2 aromatic carbocycles. The summed E-state index contributed by atoms with van der Waals surface area (Å²) >= 11 is 7.35. The fraction of sp³-hybridized carbons (Fsp3) is 0.280. The quantitative estimate of drug-likeness (QED) is 0.402. The summed E-state index contributed by atoms with van der Waals surface area (Å²) in [6, 6.07) is 14.3. The topological polar surface area (TPSA) is 118 Å². The molecule has 0 saturated carbocycles. The molecule has 0 unspecified atom stereocenters. The van der Waals surface area contributed by atoms with Crippen LogP contribution in [0.2, 0.25) is 5.02 Å². The van der Waals surface area contributed by atoms with Crippen molar-refractivity contribution in [3.63, 3.8) is 0 Å². The molecular formula is C25H24ClN3O5S. The molecule has 10 heteroatoms. The van der Waals surface area contributed by atoms with Gasteiger partial charge in [-0.15, -0.1) is 0 Å². The number of allylic oxidation sites excluding steroid dienone is 1. The van der Waals surface area contributed by atoms with Gasteiger partial charge in [0.05, 0.1) is 41.2 Å². The monoisotopic (exact) mass is 513 g/mol. The summed E-state index contributed by atoms with van der Waals surface area (Å²) in [6.07, 6.45) is 0. The molecule has 1 aliphatic heterocycles. The van der Waals surface area contributed by atoms with Crippen molar-refractivity contribution in [1.29, 1.82) is 5.26 Å². The molecule has 8 nitrogen and oxygen atoms in total. The van der Waals surface area contributed by atoms with Crippen LogP contribution in [0, 0.1) is 24.2 Å². The average Bonchev–Trinajstić information content (AvgIpc) is 2.83. The predicted molar refractivity (Wildman–Crippen MR) is 134 cm³/mol. The zero-order valence-electron chi connectivity index (χ0n) is 19.4. The maximum atomic E-state index is 13.0. The molecule has 0 aromatic heterocycles. The van der Waals surface area contributed by atoms with E-state index in [1.807, 2.05) is 32.0 Å². The number of esters is 1. The predicted octanol–water partition coefficient (Wildman–Crippen LogP) is 4.16. The molecule has 2 aromatic rings. The number of nitriles is 1. The summed E-state index contributed by atoms with van der Waals surface area (Å²) in [5.41, 5.74) is 2.25. The maximum Gasteiger partial charge on any atom is 0.319 e. The number of thioether (sulfide) groups is 1. The number of halogens is 1. The Kier molecular flexibility index (Phi) is 8.79.